The van der Waals surface area contributed by atoms with Crippen LogP contribution in [0.25, 0.3) is 5.82 Å². The fraction of sp³-hybridized carbons (Fsp3) is 0.294. The Hall–Kier alpha value is -2.01. The van der Waals surface area contributed by atoms with Crippen LogP contribution in [0.2, 0.25) is 0 Å². The summed E-state index contributed by atoms with van der Waals surface area (Å²) in [5, 5.41) is 11.8. The summed E-state index contributed by atoms with van der Waals surface area (Å²) in [6.07, 6.45) is 7.27. The second-order valence-electron chi connectivity index (χ2n) is 5.39. The molecule has 0 aliphatic rings. The number of hydrogen-bond donors (Lipinski definition) is 2. The Morgan fingerprint density at radius 3 is 2.85 bits per heavy atom. The van der Waals surface area contributed by atoms with Crippen LogP contribution >= 0.6 is 35.3 Å². The Bertz CT molecular complexity index is 829. The summed E-state index contributed by atoms with van der Waals surface area (Å²) in [5.41, 5.74) is 1.07. The van der Waals surface area contributed by atoms with E-state index in [-0.39, 0.29) is 24.0 Å². The van der Waals surface area contributed by atoms with Crippen molar-refractivity contribution < 1.29 is 0 Å². The minimum Gasteiger partial charge on any atom is -0.357 e. The molecule has 0 bridgehead atoms. The van der Waals surface area contributed by atoms with Gasteiger partial charge in [-0.05, 0) is 37.6 Å². The molecule has 0 aliphatic carbocycles. The zero-order valence-electron chi connectivity index (χ0n) is 14.7. The normalized spacial score (nSPS) is 11.1. The fourth-order valence-corrected chi connectivity index (χ4v) is 2.97. The summed E-state index contributed by atoms with van der Waals surface area (Å²) in [4.78, 5) is 14.6. The van der Waals surface area contributed by atoms with Gasteiger partial charge in [-0.3, -0.25) is 0 Å². The van der Waals surface area contributed by atoms with E-state index in [4.69, 9.17) is 0 Å². The average molecular weight is 483 g/mol. The molecule has 7 nitrogen and oxygen atoms in total. The molecule has 0 aliphatic heterocycles. The van der Waals surface area contributed by atoms with E-state index in [0.717, 1.165) is 28.9 Å². The lowest BCUT2D eigenvalue weighted by molar-refractivity contribution is 0.809. The summed E-state index contributed by atoms with van der Waals surface area (Å²) in [6, 6.07) is 5.83. The van der Waals surface area contributed by atoms with Crippen LogP contribution in [-0.4, -0.2) is 32.3 Å². The average Bonchev–Trinajstić information content (AvgIpc) is 3.29. The van der Waals surface area contributed by atoms with Crippen molar-refractivity contribution in [3.05, 3.63) is 58.4 Å². The van der Waals surface area contributed by atoms with E-state index >= 15 is 0 Å². The first kappa shape index (κ1) is 20.3. The van der Waals surface area contributed by atoms with Gasteiger partial charge in [0.2, 0.25) is 0 Å². The van der Waals surface area contributed by atoms with E-state index in [1.165, 1.54) is 4.88 Å². The summed E-state index contributed by atoms with van der Waals surface area (Å²) >= 11 is 1.69. The number of nitrogens with zero attached hydrogens (tertiary/aromatic N) is 5. The number of nitrogens with one attached hydrogen (secondary N) is 2. The largest absolute Gasteiger partial charge is 0.357 e. The minimum atomic E-state index is 0. The highest BCUT2D eigenvalue weighted by atomic mass is 127. The van der Waals surface area contributed by atoms with E-state index in [1.807, 2.05) is 37.5 Å². The van der Waals surface area contributed by atoms with Gasteiger partial charge in [-0.25, -0.2) is 19.6 Å². The number of aliphatic imine (C=N–C) groups is 1. The molecule has 3 aromatic rings. The second-order valence-corrected chi connectivity index (χ2v) is 6.71. The topological polar surface area (TPSA) is 80.0 Å². The molecule has 0 saturated heterocycles. The van der Waals surface area contributed by atoms with Gasteiger partial charge in [0, 0.05) is 36.2 Å². The maximum Gasteiger partial charge on any atom is 0.191 e. The Morgan fingerprint density at radius 1 is 1.27 bits per heavy atom. The monoisotopic (exact) mass is 483 g/mol. The molecule has 0 unspecified atom stereocenters. The lowest BCUT2D eigenvalue weighted by Gasteiger charge is -2.10. The smallest absolute Gasteiger partial charge is 0.191 e. The molecule has 0 amide bonds. The van der Waals surface area contributed by atoms with E-state index in [1.54, 1.807) is 28.4 Å². The van der Waals surface area contributed by atoms with Gasteiger partial charge in [-0.1, -0.05) is 0 Å². The number of guanidine groups is 1. The first-order valence-corrected chi connectivity index (χ1v) is 8.94. The minimum absolute atomic E-state index is 0. The Labute approximate surface area is 174 Å². The predicted molar refractivity (Wildman–Crippen MR) is 115 cm³/mol. The highest BCUT2D eigenvalue weighted by molar-refractivity contribution is 14.0. The number of rotatable bonds is 6. The highest BCUT2D eigenvalue weighted by Crippen LogP contribution is 2.10. The fourth-order valence-electron chi connectivity index (χ4n) is 2.24. The van der Waals surface area contributed by atoms with Gasteiger partial charge < -0.3 is 10.6 Å². The Kier molecular flexibility index (Phi) is 7.98. The standard InChI is InChI=1S/C17H21N7S.HI/c1-3-18-17(22-12-16-20-10-13(2)25-16)21-11-14-5-7-19-15(9-14)24-8-4-6-23-24;/h4-10H,3,11-12H2,1-2H3,(H2,18,21,22);1H. The van der Waals surface area contributed by atoms with Crippen LogP contribution in [0.3, 0.4) is 0 Å². The van der Waals surface area contributed by atoms with Crippen molar-refractivity contribution in [2.75, 3.05) is 6.54 Å². The molecule has 3 heterocycles. The molecular weight excluding hydrogens is 461 g/mol. The third-order valence-electron chi connectivity index (χ3n) is 3.39. The molecule has 0 atom stereocenters. The summed E-state index contributed by atoms with van der Waals surface area (Å²) < 4.78 is 1.74. The van der Waals surface area contributed by atoms with Crippen molar-refractivity contribution in [1.82, 2.24) is 30.4 Å². The van der Waals surface area contributed by atoms with Crippen molar-refractivity contribution in [1.29, 1.82) is 0 Å². The summed E-state index contributed by atoms with van der Waals surface area (Å²) in [6.45, 7) is 6.13. The Balaban J connectivity index is 0.00000243. The quantitative estimate of drug-likeness (QED) is 0.320. The zero-order valence-corrected chi connectivity index (χ0v) is 17.9. The predicted octanol–water partition coefficient (Wildman–Crippen LogP) is 2.91. The van der Waals surface area contributed by atoms with Gasteiger partial charge in [0.15, 0.2) is 11.8 Å². The van der Waals surface area contributed by atoms with Crippen LogP contribution < -0.4 is 10.6 Å². The number of aromatic nitrogens is 4. The molecule has 3 aromatic heterocycles. The van der Waals surface area contributed by atoms with Gasteiger partial charge in [0.1, 0.15) is 5.01 Å². The van der Waals surface area contributed by atoms with Crippen LogP contribution in [0.4, 0.5) is 0 Å². The van der Waals surface area contributed by atoms with Crippen molar-refractivity contribution in [2.45, 2.75) is 26.9 Å². The van der Waals surface area contributed by atoms with Gasteiger partial charge in [0.05, 0.1) is 13.1 Å². The maximum absolute atomic E-state index is 4.64. The maximum atomic E-state index is 4.64. The summed E-state index contributed by atoms with van der Waals surface area (Å²) in [5.74, 6) is 1.56. The molecule has 26 heavy (non-hydrogen) atoms. The molecule has 0 aromatic carbocycles. The van der Waals surface area contributed by atoms with Crippen LogP contribution in [0, 0.1) is 6.92 Å². The van der Waals surface area contributed by atoms with Gasteiger partial charge >= 0.3 is 0 Å². The lowest BCUT2D eigenvalue weighted by Crippen LogP contribution is -2.36. The first-order valence-electron chi connectivity index (χ1n) is 8.13. The number of thiazole rings is 1. The number of pyridine rings is 1. The van der Waals surface area contributed by atoms with E-state index < -0.39 is 0 Å². The van der Waals surface area contributed by atoms with Crippen LogP contribution in [0.5, 0.6) is 0 Å². The third-order valence-corrected chi connectivity index (χ3v) is 4.30. The van der Waals surface area contributed by atoms with Crippen LogP contribution in [0.1, 0.15) is 22.4 Å². The molecule has 3 rings (SSSR count). The lowest BCUT2D eigenvalue weighted by atomic mass is 10.2. The van der Waals surface area contributed by atoms with E-state index in [2.05, 4.69) is 37.6 Å². The van der Waals surface area contributed by atoms with Gasteiger partial charge in [-0.2, -0.15) is 5.10 Å². The zero-order chi connectivity index (χ0) is 17.5. The highest BCUT2D eigenvalue weighted by Gasteiger charge is 2.03. The van der Waals surface area contributed by atoms with Gasteiger partial charge in [0.25, 0.3) is 0 Å². The third kappa shape index (κ3) is 5.77. The number of halogens is 1. The number of hydrogen-bond acceptors (Lipinski definition) is 5. The van der Waals surface area contributed by atoms with Crippen molar-refractivity contribution >= 4 is 41.3 Å². The SMILES string of the molecule is CCNC(=NCc1ccnc(-n2cccn2)c1)NCc1ncc(C)s1.I. The van der Waals surface area contributed by atoms with Crippen LogP contribution in [0.15, 0.2) is 48.0 Å². The van der Waals surface area contributed by atoms with Crippen LogP contribution in [-0.2, 0) is 13.1 Å². The molecule has 9 heteroatoms. The van der Waals surface area contributed by atoms with E-state index in [0.29, 0.717) is 13.1 Å². The van der Waals surface area contributed by atoms with Gasteiger partial charge in [-0.15, -0.1) is 35.3 Å². The van der Waals surface area contributed by atoms with Crippen molar-refractivity contribution in [3.8, 4) is 5.82 Å². The molecule has 0 spiro atoms. The summed E-state index contributed by atoms with van der Waals surface area (Å²) in [7, 11) is 0. The Morgan fingerprint density at radius 2 is 2.15 bits per heavy atom. The molecule has 0 saturated carbocycles. The first-order chi connectivity index (χ1) is 12.2. The van der Waals surface area contributed by atoms with Crippen molar-refractivity contribution in [2.24, 2.45) is 4.99 Å². The molecule has 0 fully saturated rings. The molecular formula is C17H22IN7S. The van der Waals surface area contributed by atoms with E-state index in [9.17, 15) is 0 Å². The second kappa shape index (κ2) is 10.2. The number of aryl methyl sites for hydroxylation is 1. The molecule has 0 radical (unpaired) electrons. The molecule has 2 N–H and O–H groups in total. The van der Waals surface area contributed by atoms with Crippen molar-refractivity contribution in [3.63, 3.8) is 0 Å². The molecule has 138 valence electrons.